The Labute approximate surface area is 102 Å². The molecular weight excluding hydrogens is 212 g/mol. The summed E-state index contributed by atoms with van der Waals surface area (Å²) in [5.74, 6) is 0.227. The molecule has 0 bridgehead atoms. The van der Waals surface area contributed by atoms with Gasteiger partial charge in [-0.15, -0.1) is 0 Å². The summed E-state index contributed by atoms with van der Waals surface area (Å²) in [4.78, 5) is 13.6. The fraction of sp³-hybridized carbons (Fsp3) is 0.357. The van der Waals surface area contributed by atoms with Crippen LogP contribution in [0.3, 0.4) is 0 Å². The number of aromatic nitrogens is 1. The van der Waals surface area contributed by atoms with Crippen LogP contribution < -0.4 is 5.73 Å². The predicted molar refractivity (Wildman–Crippen MR) is 71.9 cm³/mol. The van der Waals surface area contributed by atoms with E-state index in [2.05, 4.69) is 30.1 Å². The maximum atomic E-state index is 10.4. The molecule has 0 saturated heterocycles. The highest BCUT2D eigenvalue weighted by atomic mass is 16.1. The van der Waals surface area contributed by atoms with Crippen LogP contribution in [-0.2, 0) is 4.79 Å². The van der Waals surface area contributed by atoms with Crippen molar-refractivity contribution in [3.8, 4) is 0 Å². The third-order valence-electron chi connectivity index (χ3n) is 2.64. The van der Waals surface area contributed by atoms with Gasteiger partial charge in [-0.1, -0.05) is 32.0 Å². The monoisotopic (exact) mass is 232 g/mol. The number of rotatable bonds is 2. The maximum Gasteiger partial charge on any atom is 0.148 e. The van der Waals surface area contributed by atoms with Crippen LogP contribution in [0.15, 0.2) is 30.5 Å². The molecule has 0 aliphatic rings. The molecule has 92 valence electrons. The summed E-state index contributed by atoms with van der Waals surface area (Å²) in [6.45, 7) is 5.97. The van der Waals surface area contributed by atoms with Crippen molar-refractivity contribution >= 4 is 16.7 Å². The first kappa shape index (κ1) is 13.5. The molecule has 1 aromatic carbocycles. The van der Waals surface area contributed by atoms with E-state index in [0.29, 0.717) is 0 Å². The Bertz CT molecular complexity index is 486. The van der Waals surface area contributed by atoms with Crippen molar-refractivity contribution < 1.29 is 4.79 Å². The Morgan fingerprint density at radius 3 is 2.47 bits per heavy atom. The average molecular weight is 232 g/mol. The second-order valence-corrected chi connectivity index (χ2v) is 4.34. The summed E-state index contributed by atoms with van der Waals surface area (Å²) in [6, 6.07) is 8.31. The second kappa shape index (κ2) is 6.21. The minimum atomic E-state index is 0.102. The molecule has 0 saturated carbocycles. The molecule has 0 amide bonds. The molecule has 1 heterocycles. The number of fused-ring (bicyclic) bond motifs is 1. The lowest BCUT2D eigenvalue weighted by Crippen LogP contribution is -2.18. The van der Waals surface area contributed by atoms with Gasteiger partial charge in [0.1, 0.15) is 5.78 Å². The molecule has 2 aromatic rings. The quantitative estimate of drug-likeness (QED) is 0.836. The summed E-state index contributed by atoms with van der Waals surface area (Å²) in [5, 5.41) is 1.32. The van der Waals surface area contributed by atoms with Crippen LogP contribution in [0.2, 0.25) is 0 Å². The Hall–Kier alpha value is -1.61. The molecule has 2 rings (SSSR count). The van der Waals surface area contributed by atoms with Gasteiger partial charge >= 0.3 is 0 Å². The van der Waals surface area contributed by atoms with Gasteiger partial charge in [-0.3, -0.25) is 4.79 Å². The molecule has 1 aromatic heterocycles. The number of aryl methyl sites for hydroxylation is 1. The van der Waals surface area contributed by atoms with Gasteiger partial charge in [-0.05, 0) is 18.6 Å². The Morgan fingerprint density at radius 2 is 2.00 bits per heavy atom. The standard InChI is InChI=1S/C9H9N.C5H11NO/c1-7-6-10-9-5-3-2-4-8(7)9;1-4(2)5(7)3-6/h2-6,10H,1H3;4H,3,6H2,1-2H3. The van der Waals surface area contributed by atoms with Gasteiger partial charge in [0.15, 0.2) is 0 Å². The minimum Gasteiger partial charge on any atom is -0.361 e. The van der Waals surface area contributed by atoms with E-state index in [9.17, 15) is 4.79 Å². The van der Waals surface area contributed by atoms with E-state index in [1.807, 2.05) is 26.1 Å². The number of hydrogen-bond donors (Lipinski definition) is 2. The number of nitrogens with two attached hydrogens (primary N) is 1. The van der Waals surface area contributed by atoms with Gasteiger partial charge in [-0.25, -0.2) is 0 Å². The smallest absolute Gasteiger partial charge is 0.148 e. The summed E-state index contributed by atoms with van der Waals surface area (Å²) in [7, 11) is 0. The third-order valence-corrected chi connectivity index (χ3v) is 2.64. The topological polar surface area (TPSA) is 58.9 Å². The van der Waals surface area contributed by atoms with E-state index in [0.717, 1.165) is 0 Å². The maximum absolute atomic E-state index is 10.4. The number of para-hydroxylation sites is 1. The number of carbonyl (C=O) groups excluding carboxylic acids is 1. The second-order valence-electron chi connectivity index (χ2n) is 4.34. The zero-order valence-corrected chi connectivity index (χ0v) is 10.7. The number of aromatic amines is 1. The highest BCUT2D eigenvalue weighted by molar-refractivity contribution is 5.82. The first-order valence-electron chi connectivity index (χ1n) is 5.81. The van der Waals surface area contributed by atoms with Crippen molar-refractivity contribution in [1.29, 1.82) is 0 Å². The van der Waals surface area contributed by atoms with Crippen LogP contribution in [0.25, 0.3) is 10.9 Å². The first-order valence-corrected chi connectivity index (χ1v) is 5.81. The van der Waals surface area contributed by atoms with Crippen molar-refractivity contribution in [2.24, 2.45) is 11.7 Å². The molecule has 0 aliphatic carbocycles. The van der Waals surface area contributed by atoms with Crippen LogP contribution in [0, 0.1) is 12.8 Å². The van der Waals surface area contributed by atoms with Crippen molar-refractivity contribution in [2.45, 2.75) is 20.8 Å². The van der Waals surface area contributed by atoms with Crippen molar-refractivity contribution in [3.05, 3.63) is 36.0 Å². The molecule has 0 spiro atoms. The van der Waals surface area contributed by atoms with Crippen LogP contribution in [0.4, 0.5) is 0 Å². The number of ketones is 1. The summed E-state index contributed by atoms with van der Waals surface area (Å²) in [5.41, 5.74) is 7.56. The van der Waals surface area contributed by atoms with Crippen molar-refractivity contribution in [3.63, 3.8) is 0 Å². The highest BCUT2D eigenvalue weighted by Crippen LogP contribution is 2.15. The first-order chi connectivity index (χ1) is 8.06. The van der Waals surface area contributed by atoms with Gasteiger partial charge < -0.3 is 10.7 Å². The van der Waals surface area contributed by atoms with Crippen LogP contribution in [-0.4, -0.2) is 17.3 Å². The Kier molecular flexibility index (Phi) is 4.91. The third kappa shape index (κ3) is 3.71. The fourth-order valence-electron chi connectivity index (χ4n) is 1.45. The van der Waals surface area contributed by atoms with Gasteiger partial charge in [0.05, 0.1) is 6.54 Å². The minimum absolute atomic E-state index is 0.102. The van der Waals surface area contributed by atoms with Gasteiger partial charge in [-0.2, -0.15) is 0 Å². The zero-order valence-electron chi connectivity index (χ0n) is 10.7. The summed E-state index contributed by atoms with van der Waals surface area (Å²) in [6.07, 6.45) is 2.03. The van der Waals surface area contributed by atoms with E-state index >= 15 is 0 Å². The van der Waals surface area contributed by atoms with Crippen LogP contribution in [0.5, 0.6) is 0 Å². The molecule has 3 nitrogen and oxygen atoms in total. The van der Waals surface area contributed by atoms with Crippen molar-refractivity contribution in [1.82, 2.24) is 4.98 Å². The normalized spacial score (nSPS) is 10.2. The summed E-state index contributed by atoms with van der Waals surface area (Å²) >= 11 is 0. The molecule has 0 aliphatic heterocycles. The zero-order chi connectivity index (χ0) is 12.8. The molecule has 0 fully saturated rings. The number of carbonyl (C=O) groups is 1. The van der Waals surface area contributed by atoms with Crippen LogP contribution >= 0.6 is 0 Å². The largest absolute Gasteiger partial charge is 0.361 e. The number of nitrogens with one attached hydrogen (secondary N) is 1. The Balaban J connectivity index is 0.000000185. The summed E-state index contributed by atoms with van der Waals surface area (Å²) < 4.78 is 0. The lowest BCUT2D eigenvalue weighted by atomic mass is 10.1. The predicted octanol–water partition coefficient (Wildman–Crippen LogP) is 2.65. The van der Waals surface area contributed by atoms with Gasteiger partial charge in [0, 0.05) is 23.0 Å². The molecular formula is C14H20N2O. The number of Topliss-reactive ketones (excluding diaryl/α,β-unsaturated/α-hetero) is 1. The highest BCUT2D eigenvalue weighted by Gasteiger charge is 2.01. The van der Waals surface area contributed by atoms with Gasteiger partial charge in [0.25, 0.3) is 0 Å². The molecule has 3 N–H and O–H groups in total. The van der Waals surface area contributed by atoms with E-state index in [4.69, 9.17) is 5.73 Å². The van der Waals surface area contributed by atoms with E-state index < -0.39 is 0 Å². The average Bonchev–Trinajstić information content (AvgIpc) is 2.71. The lowest BCUT2D eigenvalue weighted by Gasteiger charge is -1.96. The SMILES string of the molecule is CC(C)C(=O)CN.Cc1c[nH]c2ccccc12. The number of hydrogen-bond acceptors (Lipinski definition) is 2. The molecule has 0 atom stereocenters. The fourth-order valence-corrected chi connectivity index (χ4v) is 1.45. The molecule has 17 heavy (non-hydrogen) atoms. The molecule has 3 heteroatoms. The molecule has 0 unspecified atom stereocenters. The van der Waals surface area contributed by atoms with E-state index in [1.54, 1.807) is 0 Å². The number of benzene rings is 1. The molecule has 0 radical (unpaired) electrons. The van der Waals surface area contributed by atoms with Gasteiger partial charge in [0.2, 0.25) is 0 Å². The van der Waals surface area contributed by atoms with E-state index in [1.165, 1.54) is 16.5 Å². The Morgan fingerprint density at radius 1 is 1.35 bits per heavy atom. The van der Waals surface area contributed by atoms with Crippen LogP contribution in [0.1, 0.15) is 19.4 Å². The van der Waals surface area contributed by atoms with Crippen molar-refractivity contribution in [2.75, 3.05) is 6.54 Å². The van der Waals surface area contributed by atoms with E-state index in [-0.39, 0.29) is 18.2 Å². The number of H-pyrrole nitrogens is 1. The lowest BCUT2D eigenvalue weighted by molar-refractivity contribution is -0.120.